The fourth-order valence-electron chi connectivity index (χ4n) is 2.06. The van der Waals surface area contributed by atoms with Gasteiger partial charge in [-0.2, -0.15) is 0 Å². The summed E-state index contributed by atoms with van der Waals surface area (Å²) in [6, 6.07) is 3.86. The Bertz CT molecular complexity index is 345. The molecule has 0 saturated heterocycles. The van der Waals surface area contributed by atoms with E-state index < -0.39 is 0 Å². The molecule has 1 heterocycles. The number of carbonyl (C=O) groups is 1. The number of aromatic nitrogens is 1. The summed E-state index contributed by atoms with van der Waals surface area (Å²) in [4.78, 5) is 15.5. The fraction of sp³-hybridized carbons (Fsp3) is 0.500. The molecular formula is C12H15NO2. The molecule has 0 bridgehead atoms. The number of hydrogen-bond donors (Lipinski definition) is 0. The van der Waals surface area contributed by atoms with Crippen LogP contribution in [0.4, 0.5) is 0 Å². The van der Waals surface area contributed by atoms with Crippen LogP contribution in [0.1, 0.15) is 37.2 Å². The van der Waals surface area contributed by atoms with Crippen LogP contribution < -0.4 is 4.74 Å². The number of hydrogen-bond acceptors (Lipinski definition) is 3. The summed E-state index contributed by atoms with van der Waals surface area (Å²) in [6.45, 7) is 0. The van der Waals surface area contributed by atoms with Crippen molar-refractivity contribution in [3.8, 4) is 5.88 Å². The van der Waals surface area contributed by atoms with E-state index in [1.54, 1.807) is 7.11 Å². The maximum absolute atomic E-state index is 11.3. The number of pyridine rings is 1. The van der Waals surface area contributed by atoms with Crippen molar-refractivity contribution >= 4 is 5.78 Å². The molecule has 15 heavy (non-hydrogen) atoms. The fourth-order valence-corrected chi connectivity index (χ4v) is 2.06. The number of nitrogens with zero attached hydrogens (tertiary/aromatic N) is 1. The first-order chi connectivity index (χ1) is 7.29. The third-order valence-corrected chi connectivity index (χ3v) is 2.92. The molecule has 1 aliphatic rings. The third-order valence-electron chi connectivity index (χ3n) is 2.92. The van der Waals surface area contributed by atoms with E-state index in [-0.39, 0.29) is 0 Å². The van der Waals surface area contributed by atoms with Crippen LogP contribution in [-0.4, -0.2) is 17.9 Å². The van der Waals surface area contributed by atoms with Gasteiger partial charge in [-0.25, -0.2) is 4.98 Å². The van der Waals surface area contributed by atoms with Crippen LogP contribution in [0.2, 0.25) is 0 Å². The second-order valence-corrected chi connectivity index (χ2v) is 3.97. The Kier molecular flexibility index (Phi) is 2.99. The summed E-state index contributed by atoms with van der Waals surface area (Å²) in [5, 5.41) is 0. The van der Waals surface area contributed by atoms with E-state index in [2.05, 4.69) is 4.98 Å². The van der Waals surface area contributed by atoms with Gasteiger partial charge in [0.2, 0.25) is 5.88 Å². The Balaban J connectivity index is 2.11. The van der Waals surface area contributed by atoms with E-state index in [1.807, 2.05) is 18.3 Å². The van der Waals surface area contributed by atoms with Gasteiger partial charge in [0.05, 0.1) is 7.11 Å². The van der Waals surface area contributed by atoms with Crippen molar-refractivity contribution in [1.82, 2.24) is 4.98 Å². The Hall–Kier alpha value is -1.38. The van der Waals surface area contributed by atoms with Crippen LogP contribution in [0.3, 0.4) is 0 Å². The van der Waals surface area contributed by atoms with E-state index in [1.165, 1.54) is 0 Å². The van der Waals surface area contributed by atoms with Crippen LogP contribution in [0, 0.1) is 0 Å². The lowest BCUT2D eigenvalue weighted by atomic mass is 9.84. The van der Waals surface area contributed by atoms with Gasteiger partial charge in [-0.15, -0.1) is 0 Å². The molecule has 0 aliphatic heterocycles. The lowest BCUT2D eigenvalue weighted by molar-refractivity contribution is -0.120. The molecule has 0 aromatic carbocycles. The summed E-state index contributed by atoms with van der Waals surface area (Å²) < 4.78 is 5.00. The predicted octanol–water partition coefficient (Wildman–Crippen LogP) is 2.32. The molecule has 2 rings (SSSR count). The Morgan fingerprint density at radius 1 is 1.47 bits per heavy atom. The van der Waals surface area contributed by atoms with Crippen LogP contribution >= 0.6 is 0 Å². The smallest absolute Gasteiger partial charge is 0.212 e. The first-order valence-corrected chi connectivity index (χ1v) is 5.31. The Morgan fingerprint density at radius 2 is 2.33 bits per heavy atom. The first-order valence-electron chi connectivity index (χ1n) is 5.31. The molecule has 1 fully saturated rings. The van der Waals surface area contributed by atoms with Gasteiger partial charge in [0.1, 0.15) is 5.78 Å². The number of rotatable bonds is 2. The van der Waals surface area contributed by atoms with Crippen molar-refractivity contribution < 1.29 is 9.53 Å². The normalized spacial score (nSPS) is 21.4. The summed E-state index contributed by atoms with van der Waals surface area (Å²) >= 11 is 0. The summed E-state index contributed by atoms with van der Waals surface area (Å²) in [5.41, 5.74) is 1.16. The van der Waals surface area contributed by atoms with E-state index in [9.17, 15) is 4.79 Å². The maximum Gasteiger partial charge on any atom is 0.212 e. The zero-order chi connectivity index (χ0) is 10.7. The predicted molar refractivity (Wildman–Crippen MR) is 57.0 cm³/mol. The number of carbonyl (C=O) groups excluding carboxylic acids is 1. The highest BCUT2D eigenvalue weighted by Crippen LogP contribution is 2.30. The first kappa shape index (κ1) is 10.1. The molecule has 3 heteroatoms. The number of ether oxygens (including phenoxy) is 1. The van der Waals surface area contributed by atoms with Crippen LogP contribution in [0.25, 0.3) is 0 Å². The lowest BCUT2D eigenvalue weighted by Gasteiger charge is -2.20. The van der Waals surface area contributed by atoms with E-state index in [0.717, 1.165) is 24.8 Å². The molecule has 0 unspecified atom stereocenters. The monoisotopic (exact) mass is 205 g/mol. The van der Waals surface area contributed by atoms with Crippen molar-refractivity contribution in [2.45, 2.75) is 31.6 Å². The molecular weight excluding hydrogens is 190 g/mol. The lowest BCUT2D eigenvalue weighted by Crippen LogP contribution is -2.13. The number of ketones is 1. The van der Waals surface area contributed by atoms with Crippen molar-refractivity contribution in [3.05, 3.63) is 23.9 Å². The Labute approximate surface area is 89.5 Å². The van der Waals surface area contributed by atoms with Crippen molar-refractivity contribution in [2.75, 3.05) is 7.11 Å². The second-order valence-electron chi connectivity index (χ2n) is 3.97. The highest BCUT2D eigenvalue weighted by atomic mass is 16.5. The maximum atomic E-state index is 11.3. The van der Waals surface area contributed by atoms with E-state index >= 15 is 0 Å². The average molecular weight is 205 g/mol. The molecule has 1 aromatic rings. The standard InChI is InChI=1S/C12H15NO2/c1-15-12-6-5-10(8-13-12)9-3-2-4-11(14)7-9/h5-6,8-9H,2-4,7H2,1H3/t9-/m0/s1. The number of Topliss-reactive ketones (excluding diaryl/α,β-unsaturated/α-hetero) is 1. The summed E-state index contributed by atoms with van der Waals surface area (Å²) in [6.07, 6.45) is 5.35. The molecule has 1 aliphatic carbocycles. The van der Waals surface area contributed by atoms with Crippen molar-refractivity contribution in [1.29, 1.82) is 0 Å². The zero-order valence-corrected chi connectivity index (χ0v) is 8.90. The van der Waals surface area contributed by atoms with Crippen LogP contribution in [0.15, 0.2) is 18.3 Å². The van der Waals surface area contributed by atoms with Crippen LogP contribution in [-0.2, 0) is 4.79 Å². The van der Waals surface area contributed by atoms with E-state index in [0.29, 0.717) is 24.0 Å². The highest BCUT2D eigenvalue weighted by molar-refractivity contribution is 5.80. The summed E-state index contributed by atoms with van der Waals surface area (Å²) in [7, 11) is 1.60. The topological polar surface area (TPSA) is 39.2 Å². The molecule has 0 N–H and O–H groups in total. The molecule has 3 nitrogen and oxygen atoms in total. The van der Waals surface area contributed by atoms with Gasteiger partial charge in [0.25, 0.3) is 0 Å². The van der Waals surface area contributed by atoms with Crippen molar-refractivity contribution in [2.24, 2.45) is 0 Å². The van der Waals surface area contributed by atoms with Gasteiger partial charge in [-0.3, -0.25) is 4.79 Å². The highest BCUT2D eigenvalue weighted by Gasteiger charge is 2.20. The van der Waals surface area contributed by atoms with Gasteiger partial charge in [-0.1, -0.05) is 6.07 Å². The van der Waals surface area contributed by atoms with Crippen LogP contribution in [0.5, 0.6) is 5.88 Å². The minimum atomic E-state index is 0.365. The minimum Gasteiger partial charge on any atom is -0.481 e. The molecule has 80 valence electrons. The quantitative estimate of drug-likeness (QED) is 0.743. The minimum absolute atomic E-state index is 0.365. The average Bonchev–Trinajstić information content (AvgIpc) is 2.29. The summed E-state index contributed by atoms with van der Waals surface area (Å²) in [5.74, 6) is 1.37. The molecule has 1 atom stereocenters. The van der Waals surface area contributed by atoms with Gasteiger partial charge in [0, 0.05) is 25.1 Å². The van der Waals surface area contributed by atoms with Gasteiger partial charge in [0.15, 0.2) is 0 Å². The Morgan fingerprint density at radius 3 is 2.93 bits per heavy atom. The van der Waals surface area contributed by atoms with Crippen molar-refractivity contribution in [3.63, 3.8) is 0 Å². The zero-order valence-electron chi connectivity index (χ0n) is 8.90. The molecule has 0 radical (unpaired) electrons. The SMILES string of the molecule is COc1ccc([C@H]2CCCC(=O)C2)cn1. The largest absolute Gasteiger partial charge is 0.481 e. The van der Waals surface area contributed by atoms with E-state index in [4.69, 9.17) is 4.74 Å². The van der Waals surface area contributed by atoms with Gasteiger partial charge >= 0.3 is 0 Å². The molecule has 1 aromatic heterocycles. The second kappa shape index (κ2) is 4.43. The van der Waals surface area contributed by atoms with Gasteiger partial charge < -0.3 is 4.74 Å². The third kappa shape index (κ3) is 2.35. The molecule has 0 spiro atoms. The number of methoxy groups -OCH3 is 1. The molecule has 1 saturated carbocycles. The van der Waals surface area contributed by atoms with Gasteiger partial charge in [-0.05, 0) is 24.3 Å². The molecule has 0 amide bonds.